The van der Waals surface area contributed by atoms with E-state index in [9.17, 15) is 13.2 Å². The molecule has 0 fully saturated rings. The quantitative estimate of drug-likeness (QED) is 0.898. The van der Waals surface area contributed by atoms with Crippen molar-refractivity contribution in [2.75, 3.05) is 6.61 Å². The Kier molecular flexibility index (Phi) is 6.26. The van der Waals surface area contributed by atoms with Crippen LogP contribution in [0.3, 0.4) is 0 Å². The summed E-state index contributed by atoms with van der Waals surface area (Å²) in [6.45, 7) is -0.288. The first-order valence-electron chi connectivity index (χ1n) is 4.60. The maximum Gasteiger partial charge on any atom is 0.416 e. The van der Waals surface area contributed by atoms with Crippen LogP contribution in [-0.2, 0) is 6.18 Å². The number of nitrogens with two attached hydrogens (primary N) is 1. The van der Waals surface area contributed by atoms with E-state index in [0.29, 0.717) is 0 Å². The summed E-state index contributed by atoms with van der Waals surface area (Å²) in [6.07, 6.45) is -4.46. The van der Waals surface area contributed by atoms with Crippen molar-refractivity contribution in [3.05, 3.63) is 34.3 Å². The highest BCUT2D eigenvalue weighted by molar-refractivity contribution is 6.31. The molecule has 1 rings (SSSR count). The van der Waals surface area contributed by atoms with E-state index in [4.69, 9.17) is 22.4 Å². The van der Waals surface area contributed by atoms with Gasteiger partial charge in [0.1, 0.15) is 0 Å². The molecule has 7 heteroatoms. The SMILES string of the molecule is Cl.N[C@@H](CCO)c1c(Cl)cccc1C(F)(F)F. The highest BCUT2D eigenvalue weighted by Crippen LogP contribution is 2.38. The van der Waals surface area contributed by atoms with Crippen LogP contribution in [-0.4, -0.2) is 11.7 Å². The van der Waals surface area contributed by atoms with E-state index in [0.717, 1.165) is 6.07 Å². The molecular weight excluding hydrogens is 278 g/mol. The van der Waals surface area contributed by atoms with E-state index in [2.05, 4.69) is 0 Å². The van der Waals surface area contributed by atoms with Gasteiger partial charge in [-0.05, 0) is 24.1 Å². The summed E-state index contributed by atoms with van der Waals surface area (Å²) in [5, 5.41) is 8.65. The minimum Gasteiger partial charge on any atom is -0.396 e. The van der Waals surface area contributed by atoms with E-state index in [1.807, 2.05) is 0 Å². The van der Waals surface area contributed by atoms with Gasteiger partial charge in [-0.3, -0.25) is 0 Å². The summed E-state index contributed by atoms with van der Waals surface area (Å²) in [7, 11) is 0. The number of aliphatic hydroxyl groups excluding tert-OH is 1. The molecule has 0 aromatic heterocycles. The molecule has 0 bridgehead atoms. The number of rotatable bonds is 3. The van der Waals surface area contributed by atoms with Crippen molar-refractivity contribution < 1.29 is 18.3 Å². The molecule has 0 aliphatic rings. The molecule has 0 saturated carbocycles. The first kappa shape index (κ1) is 16.5. The van der Waals surface area contributed by atoms with Gasteiger partial charge in [-0.2, -0.15) is 13.2 Å². The Bertz CT molecular complexity index is 371. The Labute approximate surface area is 108 Å². The maximum atomic E-state index is 12.7. The van der Waals surface area contributed by atoms with Crippen molar-refractivity contribution in [3.63, 3.8) is 0 Å². The average molecular weight is 290 g/mol. The number of halogens is 5. The molecule has 0 amide bonds. The zero-order valence-corrected chi connectivity index (χ0v) is 10.2. The number of alkyl halides is 3. The number of hydrogen-bond acceptors (Lipinski definition) is 2. The summed E-state index contributed by atoms with van der Waals surface area (Å²) in [5.41, 5.74) is 4.55. The smallest absolute Gasteiger partial charge is 0.396 e. The highest BCUT2D eigenvalue weighted by Gasteiger charge is 2.35. The molecular formula is C10H12Cl2F3NO. The molecule has 17 heavy (non-hydrogen) atoms. The number of benzene rings is 1. The second-order valence-corrected chi connectivity index (χ2v) is 3.72. The van der Waals surface area contributed by atoms with Crippen LogP contribution in [0, 0.1) is 0 Å². The average Bonchev–Trinajstić information content (AvgIpc) is 2.16. The molecule has 0 radical (unpaired) electrons. The fraction of sp³-hybridized carbons (Fsp3) is 0.400. The lowest BCUT2D eigenvalue weighted by atomic mass is 9.98. The number of aliphatic hydroxyl groups is 1. The van der Waals surface area contributed by atoms with Crippen LogP contribution < -0.4 is 5.73 Å². The van der Waals surface area contributed by atoms with Crippen LogP contribution in [0.15, 0.2) is 18.2 Å². The summed E-state index contributed by atoms with van der Waals surface area (Å²) in [5.74, 6) is 0. The van der Waals surface area contributed by atoms with Gasteiger partial charge >= 0.3 is 6.18 Å². The van der Waals surface area contributed by atoms with Gasteiger partial charge in [0, 0.05) is 17.7 Å². The third-order valence-electron chi connectivity index (χ3n) is 2.17. The molecule has 3 N–H and O–H groups in total. The van der Waals surface area contributed by atoms with Crippen LogP contribution in [0.4, 0.5) is 13.2 Å². The number of hydrogen-bond donors (Lipinski definition) is 2. The highest BCUT2D eigenvalue weighted by atomic mass is 35.5. The van der Waals surface area contributed by atoms with Gasteiger partial charge in [-0.15, -0.1) is 12.4 Å². The zero-order chi connectivity index (χ0) is 12.3. The summed E-state index contributed by atoms with van der Waals surface area (Å²) in [6, 6.07) is 2.58. The van der Waals surface area contributed by atoms with Crippen molar-refractivity contribution in [3.8, 4) is 0 Å². The van der Waals surface area contributed by atoms with Crippen LogP contribution in [0.5, 0.6) is 0 Å². The van der Waals surface area contributed by atoms with E-state index in [-0.39, 0.29) is 36.0 Å². The Balaban J connectivity index is 0.00000256. The van der Waals surface area contributed by atoms with Crippen molar-refractivity contribution in [2.24, 2.45) is 5.73 Å². The molecule has 0 aliphatic heterocycles. The van der Waals surface area contributed by atoms with Gasteiger partial charge in [0.05, 0.1) is 5.56 Å². The first-order valence-corrected chi connectivity index (χ1v) is 4.97. The minimum atomic E-state index is -4.49. The van der Waals surface area contributed by atoms with Crippen LogP contribution in [0.25, 0.3) is 0 Å². The molecule has 0 aliphatic carbocycles. The Morgan fingerprint density at radius 3 is 2.41 bits per heavy atom. The fourth-order valence-electron chi connectivity index (χ4n) is 1.44. The largest absolute Gasteiger partial charge is 0.416 e. The van der Waals surface area contributed by atoms with Crippen LogP contribution in [0.1, 0.15) is 23.6 Å². The van der Waals surface area contributed by atoms with Crippen molar-refractivity contribution in [1.82, 2.24) is 0 Å². The Morgan fingerprint density at radius 2 is 1.94 bits per heavy atom. The van der Waals surface area contributed by atoms with Crippen molar-refractivity contribution in [1.29, 1.82) is 0 Å². The Morgan fingerprint density at radius 1 is 1.35 bits per heavy atom. The summed E-state index contributed by atoms with van der Waals surface area (Å²) in [4.78, 5) is 0. The second-order valence-electron chi connectivity index (χ2n) is 3.32. The fourth-order valence-corrected chi connectivity index (χ4v) is 1.76. The zero-order valence-electron chi connectivity index (χ0n) is 8.67. The Hall–Kier alpha value is -0.490. The third kappa shape index (κ3) is 4.03. The topological polar surface area (TPSA) is 46.2 Å². The van der Waals surface area contributed by atoms with Gasteiger partial charge in [0.2, 0.25) is 0 Å². The van der Waals surface area contributed by atoms with E-state index < -0.39 is 17.8 Å². The van der Waals surface area contributed by atoms with E-state index >= 15 is 0 Å². The van der Waals surface area contributed by atoms with Crippen LogP contribution >= 0.6 is 24.0 Å². The maximum absolute atomic E-state index is 12.7. The third-order valence-corrected chi connectivity index (χ3v) is 2.50. The summed E-state index contributed by atoms with van der Waals surface area (Å²) < 4.78 is 38.0. The first-order chi connectivity index (χ1) is 7.38. The predicted molar refractivity (Wildman–Crippen MR) is 62.3 cm³/mol. The lowest BCUT2D eigenvalue weighted by Crippen LogP contribution is -2.19. The normalized spacial score (nSPS) is 13.1. The van der Waals surface area contributed by atoms with Gasteiger partial charge in [0.25, 0.3) is 0 Å². The van der Waals surface area contributed by atoms with Gasteiger partial charge in [-0.1, -0.05) is 17.7 Å². The van der Waals surface area contributed by atoms with Crippen LogP contribution in [0.2, 0.25) is 5.02 Å². The molecule has 0 spiro atoms. The molecule has 1 aromatic rings. The van der Waals surface area contributed by atoms with Crippen molar-refractivity contribution >= 4 is 24.0 Å². The van der Waals surface area contributed by atoms with Crippen molar-refractivity contribution in [2.45, 2.75) is 18.6 Å². The van der Waals surface area contributed by atoms with Gasteiger partial charge in [0.15, 0.2) is 0 Å². The molecule has 1 atom stereocenters. The van der Waals surface area contributed by atoms with Gasteiger partial charge in [-0.25, -0.2) is 0 Å². The predicted octanol–water partition coefficient (Wildman–Crippen LogP) is 3.16. The van der Waals surface area contributed by atoms with Gasteiger partial charge < -0.3 is 10.8 Å². The molecule has 0 saturated heterocycles. The molecule has 0 unspecified atom stereocenters. The lowest BCUT2D eigenvalue weighted by Gasteiger charge is -2.18. The molecule has 0 heterocycles. The second kappa shape index (κ2) is 6.44. The molecule has 1 aromatic carbocycles. The lowest BCUT2D eigenvalue weighted by molar-refractivity contribution is -0.138. The monoisotopic (exact) mass is 289 g/mol. The summed E-state index contributed by atoms with van der Waals surface area (Å²) >= 11 is 5.70. The molecule has 98 valence electrons. The minimum absolute atomic E-state index is 0. The van der Waals surface area contributed by atoms with E-state index in [1.54, 1.807) is 0 Å². The molecule has 2 nitrogen and oxygen atoms in total. The standard InChI is InChI=1S/C10H11ClF3NO.ClH/c11-7-3-1-2-6(10(12,13)14)9(7)8(15)4-5-16;/h1-3,8,16H,4-5,15H2;1H/t8-;/m0./s1. The van der Waals surface area contributed by atoms with E-state index in [1.165, 1.54) is 12.1 Å².